The first-order valence-electron chi connectivity index (χ1n) is 9.62. The van der Waals surface area contributed by atoms with E-state index in [1.165, 1.54) is 23.5 Å². The molecule has 2 aliphatic rings. The Kier molecular flexibility index (Phi) is 5.46. The van der Waals surface area contributed by atoms with Crippen molar-refractivity contribution in [2.24, 2.45) is 5.92 Å². The molecule has 1 aromatic heterocycles. The highest BCUT2D eigenvalue weighted by atomic mass is 32.1. The summed E-state index contributed by atoms with van der Waals surface area (Å²) in [6.07, 6.45) is 2.75. The van der Waals surface area contributed by atoms with Gasteiger partial charge in [0.2, 0.25) is 0 Å². The maximum atomic E-state index is 14.0. The molecule has 5 nitrogen and oxygen atoms in total. The first kappa shape index (κ1) is 19.1. The number of carbonyl (C=O) groups is 2. The Bertz CT molecular complexity index is 905. The van der Waals surface area contributed by atoms with Gasteiger partial charge in [-0.3, -0.25) is 9.59 Å². The molecule has 28 heavy (non-hydrogen) atoms. The van der Waals surface area contributed by atoms with E-state index in [0.29, 0.717) is 42.8 Å². The van der Waals surface area contributed by atoms with E-state index < -0.39 is 11.7 Å². The van der Waals surface area contributed by atoms with Crippen molar-refractivity contribution in [2.45, 2.75) is 26.2 Å². The average molecular weight is 402 g/mol. The van der Waals surface area contributed by atoms with Gasteiger partial charge in [0, 0.05) is 18.0 Å². The Morgan fingerprint density at radius 2 is 2.00 bits per heavy atom. The highest BCUT2D eigenvalue weighted by Crippen LogP contribution is 2.40. The second-order valence-corrected chi connectivity index (χ2v) is 8.50. The molecule has 1 fully saturated rings. The minimum atomic E-state index is -0.573. The van der Waals surface area contributed by atoms with Gasteiger partial charge in [-0.2, -0.15) is 0 Å². The maximum Gasteiger partial charge on any atom is 0.259 e. The summed E-state index contributed by atoms with van der Waals surface area (Å²) in [4.78, 5) is 28.9. The van der Waals surface area contributed by atoms with Gasteiger partial charge in [0.15, 0.2) is 0 Å². The van der Waals surface area contributed by atoms with E-state index >= 15 is 0 Å². The minimum Gasteiger partial charge on any atom is -0.378 e. The van der Waals surface area contributed by atoms with Crippen LogP contribution in [0.5, 0.6) is 0 Å². The lowest BCUT2D eigenvalue weighted by molar-refractivity contribution is 0.0303. The zero-order valence-corrected chi connectivity index (χ0v) is 16.6. The molecule has 1 saturated heterocycles. The number of hydrogen-bond donors (Lipinski definition) is 1. The zero-order chi connectivity index (χ0) is 19.7. The number of nitrogens with zero attached hydrogens (tertiary/aromatic N) is 1. The van der Waals surface area contributed by atoms with E-state index in [2.05, 4.69) is 12.2 Å². The Labute approximate surface area is 167 Å². The first-order chi connectivity index (χ1) is 13.5. The standard InChI is InChI=1S/C21H23FN2O3S/c1-13-6-7-15-17(12-13)28-20(18(15)21(26)24-8-10-27-11-9-24)23-19(25)14-4-2-3-5-16(14)22/h2-5,13H,6-12H2,1H3,(H,23,25). The molecule has 4 rings (SSSR count). The normalized spacial score (nSPS) is 19.2. The van der Waals surface area contributed by atoms with Crippen molar-refractivity contribution in [1.29, 1.82) is 0 Å². The van der Waals surface area contributed by atoms with Crippen LogP contribution in [-0.4, -0.2) is 43.0 Å². The summed E-state index contributed by atoms with van der Waals surface area (Å²) in [5, 5.41) is 3.35. The van der Waals surface area contributed by atoms with Crippen LogP contribution in [-0.2, 0) is 17.6 Å². The van der Waals surface area contributed by atoms with Crippen LogP contribution >= 0.6 is 11.3 Å². The number of hydrogen-bond acceptors (Lipinski definition) is 4. The van der Waals surface area contributed by atoms with Gasteiger partial charge in [-0.15, -0.1) is 11.3 Å². The quantitative estimate of drug-likeness (QED) is 0.851. The van der Waals surface area contributed by atoms with E-state index in [9.17, 15) is 14.0 Å². The van der Waals surface area contributed by atoms with Crippen molar-refractivity contribution in [3.05, 3.63) is 51.7 Å². The zero-order valence-electron chi connectivity index (χ0n) is 15.8. The van der Waals surface area contributed by atoms with Crippen LogP contribution in [0, 0.1) is 11.7 Å². The molecule has 7 heteroatoms. The van der Waals surface area contributed by atoms with Crippen molar-refractivity contribution in [3.63, 3.8) is 0 Å². The van der Waals surface area contributed by atoms with Crippen LogP contribution in [0.2, 0.25) is 0 Å². The number of ether oxygens (including phenoxy) is 1. The summed E-state index contributed by atoms with van der Waals surface area (Å²) in [5.74, 6) is -0.622. The van der Waals surface area contributed by atoms with Crippen LogP contribution in [0.3, 0.4) is 0 Å². The fraction of sp³-hybridized carbons (Fsp3) is 0.429. The van der Waals surface area contributed by atoms with Crippen molar-refractivity contribution < 1.29 is 18.7 Å². The third-order valence-electron chi connectivity index (χ3n) is 5.37. The Morgan fingerprint density at radius 3 is 2.75 bits per heavy atom. The number of anilines is 1. The summed E-state index contributed by atoms with van der Waals surface area (Å²) < 4.78 is 19.4. The molecule has 1 aromatic carbocycles. The van der Waals surface area contributed by atoms with Crippen LogP contribution in [0.25, 0.3) is 0 Å². The first-order valence-corrected chi connectivity index (χ1v) is 10.4. The van der Waals surface area contributed by atoms with E-state index in [1.807, 2.05) is 0 Å². The monoisotopic (exact) mass is 402 g/mol. The Morgan fingerprint density at radius 1 is 1.25 bits per heavy atom. The maximum absolute atomic E-state index is 14.0. The average Bonchev–Trinajstić information content (AvgIpc) is 3.05. The van der Waals surface area contributed by atoms with Gasteiger partial charge in [-0.05, 0) is 42.9 Å². The molecule has 0 saturated carbocycles. The van der Waals surface area contributed by atoms with E-state index in [4.69, 9.17) is 4.74 Å². The molecule has 2 aromatic rings. The second kappa shape index (κ2) is 8.01. The topological polar surface area (TPSA) is 58.6 Å². The lowest BCUT2D eigenvalue weighted by Gasteiger charge is -2.28. The van der Waals surface area contributed by atoms with Gasteiger partial charge in [0.1, 0.15) is 10.8 Å². The number of morpholine rings is 1. The van der Waals surface area contributed by atoms with Gasteiger partial charge in [-0.1, -0.05) is 19.1 Å². The lowest BCUT2D eigenvalue weighted by Crippen LogP contribution is -2.41. The molecule has 2 amide bonds. The largest absolute Gasteiger partial charge is 0.378 e. The van der Waals surface area contributed by atoms with Crippen LogP contribution in [0.4, 0.5) is 9.39 Å². The Hall–Kier alpha value is -2.25. The van der Waals surface area contributed by atoms with Crippen LogP contribution in [0.15, 0.2) is 24.3 Å². The number of nitrogens with one attached hydrogen (secondary N) is 1. The van der Waals surface area contributed by atoms with E-state index in [-0.39, 0.29) is 11.5 Å². The predicted molar refractivity (Wildman–Crippen MR) is 107 cm³/mol. The summed E-state index contributed by atoms with van der Waals surface area (Å²) in [7, 11) is 0. The van der Waals surface area contributed by atoms with Crippen LogP contribution < -0.4 is 5.32 Å². The van der Waals surface area contributed by atoms with Crippen molar-refractivity contribution in [1.82, 2.24) is 4.90 Å². The molecule has 0 spiro atoms. The number of thiophene rings is 1. The molecule has 1 N–H and O–H groups in total. The highest BCUT2D eigenvalue weighted by Gasteiger charge is 2.31. The fourth-order valence-corrected chi connectivity index (χ4v) is 5.20. The molecule has 1 aliphatic heterocycles. The van der Waals surface area contributed by atoms with Gasteiger partial charge in [-0.25, -0.2) is 4.39 Å². The van der Waals surface area contributed by atoms with Crippen molar-refractivity contribution in [2.75, 3.05) is 31.6 Å². The van der Waals surface area contributed by atoms with Gasteiger partial charge in [0.25, 0.3) is 11.8 Å². The highest BCUT2D eigenvalue weighted by molar-refractivity contribution is 7.17. The number of fused-ring (bicyclic) bond motifs is 1. The molecular weight excluding hydrogens is 379 g/mol. The molecule has 0 radical (unpaired) electrons. The summed E-state index contributed by atoms with van der Waals surface area (Å²) in [6, 6.07) is 5.88. The molecule has 1 atom stereocenters. The molecule has 1 aliphatic carbocycles. The molecular formula is C21H23FN2O3S. The van der Waals surface area contributed by atoms with Gasteiger partial charge in [0.05, 0.1) is 24.3 Å². The third-order valence-corrected chi connectivity index (χ3v) is 6.54. The summed E-state index contributed by atoms with van der Waals surface area (Å²) in [6.45, 7) is 4.32. The SMILES string of the molecule is CC1CCc2c(sc(NC(=O)c3ccccc3F)c2C(=O)N2CCOCC2)C1. The Balaban J connectivity index is 1.69. The molecule has 2 heterocycles. The third kappa shape index (κ3) is 3.69. The smallest absolute Gasteiger partial charge is 0.259 e. The van der Waals surface area contributed by atoms with Crippen LogP contribution in [0.1, 0.15) is 44.5 Å². The molecule has 0 bridgehead atoms. The number of rotatable bonds is 3. The van der Waals surface area contributed by atoms with Gasteiger partial charge < -0.3 is 15.0 Å². The minimum absolute atomic E-state index is 0.0213. The second-order valence-electron chi connectivity index (χ2n) is 7.39. The number of halogens is 1. The molecule has 148 valence electrons. The van der Waals surface area contributed by atoms with Crippen molar-refractivity contribution in [3.8, 4) is 0 Å². The summed E-state index contributed by atoms with van der Waals surface area (Å²) >= 11 is 1.45. The predicted octanol–water partition coefficient (Wildman–Crippen LogP) is 3.74. The fourth-order valence-electron chi connectivity index (χ4n) is 3.81. The van der Waals surface area contributed by atoms with E-state index in [1.54, 1.807) is 17.0 Å². The summed E-state index contributed by atoms with van der Waals surface area (Å²) in [5.41, 5.74) is 1.61. The molecule has 1 unspecified atom stereocenters. The number of carbonyl (C=O) groups excluding carboxylic acids is 2. The van der Waals surface area contributed by atoms with Crippen molar-refractivity contribution >= 4 is 28.2 Å². The number of benzene rings is 1. The van der Waals surface area contributed by atoms with Gasteiger partial charge >= 0.3 is 0 Å². The lowest BCUT2D eigenvalue weighted by atomic mass is 9.88. The number of amides is 2. The van der Waals surface area contributed by atoms with E-state index in [0.717, 1.165) is 29.7 Å².